The Morgan fingerprint density at radius 2 is 2.12 bits per heavy atom. The number of aliphatic hydroxyl groups is 1. The molecule has 0 saturated carbocycles. The molecule has 0 bridgehead atoms. The van der Waals surface area contributed by atoms with E-state index in [1.165, 1.54) is 11.0 Å². The van der Waals surface area contributed by atoms with Crippen molar-refractivity contribution in [3.63, 3.8) is 0 Å². The first kappa shape index (κ1) is 21.6. The van der Waals surface area contributed by atoms with Crippen molar-refractivity contribution in [1.82, 2.24) is 4.90 Å². The molecule has 0 spiro atoms. The van der Waals surface area contributed by atoms with Crippen LogP contribution in [0.15, 0.2) is 58.7 Å². The van der Waals surface area contributed by atoms with Crippen molar-refractivity contribution in [2.75, 3.05) is 7.05 Å². The van der Waals surface area contributed by atoms with Gasteiger partial charge in [0.25, 0.3) is 0 Å². The molecule has 0 fully saturated rings. The SMILES string of the molecule is CC=C(O)/C(=C/C(=C\CCC)C(F)(F)F)N(C)C1=CC(C#N)=CCC1C. The zero-order valence-electron chi connectivity index (χ0n) is 15.6. The van der Waals surface area contributed by atoms with Gasteiger partial charge in [-0.15, -0.1) is 0 Å². The molecule has 0 saturated heterocycles. The quantitative estimate of drug-likeness (QED) is 0.468. The lowest BCUT2D eigenvalue weighted by Crippen LogP contribution is -2.25. The van der Waals surface area contributed by atoms with Gasteiger partial charge in [0.1, 0.15) is 5.76 Å². The van der Waals surface area contributed by atoms with Gasteiger partial charge in [-0.3, -0.25) is 0 Å². The highest BCUT2D eigenvalue weighted by atomic mass is 19.4. The van der Waals surface area contributed by atoms with Crippen molar-refractivity contribution in [3.8, 4) is 6.07 Å². The molecule has 0 heterocycles. The molecule has 6 heteroatoms. The molecular weight excluding hydrogens is 341 g/mol. The average Bonchev–Trinajstić information content (AvgIpc) is 2.60. The van der Waals surface area contributed by atoms with E-state index >= 15 is 0 Å². The molecule has 0 aromatic heterocycles. The summed E-state index contributed by atoms with van der Waals surface area (Å²) in [4.78, 5) is 1.52. The molecule has 1 atom stereocenters. The van der Waals surface area contributed by atoms with Crippen LogP contribution < -0.4 is 0 Å². The van der Waals surface area contributed by atoms with Gasteiger partial charge >= 0.3 is 6.18 Å². The molecule has 1 N–H and O–H groups in total. The Hall–Kier alpha value is -2.42. The summed E-state index contributed by atoms with van der Waals surface area (Å²) in [5, 5.41) is 19.3. The fourth-order valence-corrected chi connectivity index (χ4v) is 2.62. The highest BCUT2D eigenvalue weighted by Gasteiger charge is 2.33. The van der Waals surface area contributed by atoms with E-state index in [9.17, 15) is 18.3 Å². The molecule has 1 aliphatic carbocycles. The maximum atomic E-state index is 13.4. The van der Waals surface area contributed by atoms with Crippen LogP contribution in [-0.4, -0.2) is 23.2 Å². The van der Waals surface area contributed by atoms with Crippen molar-refractivity contribution >= 4 is 0 Å². The number of hydrogen-bond acceptors (Lipinski definition) is 3. The normalized spacial score (nSPS) is 19.6. The Kier molecular flexibility index (Phi) is 7.76. The Labute approximate surface area is 153 Å². The minimum atomic E-state index is -4.51. The van der Waals surface area contributed by atoms with Gasteiger partial charge in [-0.2, -0.15) is 18.4 Å². The molecule has 1 rings (SSSR count). The van der Waals surface area contributed by atoms with E-state index in [0.29, 0.717) is 30.5 Å². The summed E-state index contributed by atoms with van der Waals surface area (Å²) in [6, 6.07) is 2.05. The van der Waals surface area contributed by atoms with Crippen LogP contribution in [0.3, 0.4) is 0 Å². The Morgan fingerprint density at radius 1 is 1.46 bits per heavy atom. The van der Waals surface area contributed by atoms with Crippen LogP contribution >= 0.6 is 0 Å². The van der Waals surface area contributed by atoms with E-state index in [0.717, 1.165) is 12.2 Å². The van der Waals surface area contributed by atoms with Gasteiger partial charge in [0.15, 0.2) is 0 Å². The van der Waals surface area contributed by atoms with Crippen molar-refractivity contribution in [2.24, 2.45) is 5.92 Å². The Balaban J connectivity index is 3.44. The summed E-state index contributed by atoms with van der Waals surface area (Å²) in [5.41, 5.74) is 0.390. The maximum Gasteiger partial charge on any atom is 0.416 e. The van der Waals surface area contributed by atoms with E-state index in [-0.39, 0.29) is 17.4 Å². The second-order valence-corrected chi connectivity index (χ2v) is 6.19. The number of nitriles is 1. The highest BCUT2D eigenvalue weighted by molar-refractivity contribution is 5.42. The Morgan fingerprint density at radius 3 is 2.62 bits per heavy atom. The predicted molar refractivity (Wildman–Crippen MR) is 96.8 cm³/mol. The van der Waals surface area contributed by atoms with E-state index in [1.54, 1.807) is 33.0 Å². The maximum absolute atomic E-state index is 13.4. The van der Waals surface area contributed by atoms with Gasteiger partial charge < -0.3 is 10.0 Å². The van der Waals surface area contributed by atoms with Gasteiger partial charge in [-0.25, -0.2) is 0 Å². The average molecular weight is 366 g/mol. The summed E-state index contributed by atoms with van der Waals surface area (Å²) >= 11 is 0. The van der Waals surface area contributed by atoms with Crippen LogP contribution in [0, 0.1) is 17.2 Å². The number of alkyl halides is 3. The molecule has 0 amide bonds. The number of likely N-dealkylation sites (N-methyl/N-ethyl adjacent to an activating group) is 1. The van der Waals surface area contributed by atoms with E-state index in [1.807, 2.05) is 6.92 Å². The van der Waals surface area contributed by atoms with Gasteiger partial charge in [0.05, 0.1) is 17.3 Å². The molecule has 142 valence electrons. The monoisotopic (exact) mass is 366 g/mol. The molecule has 0 aromatic carbocycles. The van der Waals surface area contributed by atoms with Gasteiger partial charge in [-0.05, 0) is 43.9 Å². The number of unbranched alkanes of at least 4 members (excludes halogenated alkanes) is 1. The zero-order chi connectivity index (χ0) is 19.9. The fourth-order valence-electron chi connectivity index (χ4n) is 2.62. The van der Waals surface area contributed by atoms with E-state index < -0.39 is 11.7 Å². The fraction of sp³-hybridized carbons (Fsp3) is 0.450. The lowest BCUT2D eigenvalue weighted by molar-refractivity contribution is -0.0885. The molecule has 3 nitrogen and oxygen atoms in total. The predicted octanol–water partition coefficient (Wildman–Crippen LogP) is 5.93. The number of halogens is 3. The summed E-state index contributed by atoms with van der Waals surface area (Å²) in [5.74, 6) is -0.237. The number of allylic oxidation sites excluding steroid dienone is 8. The van der Waals surface area contributed by atoms with E-state index in [2.05, 4.69) is 6.07 Å². The number of aliphatic hydroxyl groups excluding tert-OH is 1. The summed E-state index contributed by atoms with van der Waals surface area (Å²) < 4.78 is 40.1. The largest absolute Gasteiger partial charge is 0.506 e. The van der Waals surface area contributed by atoms with Gasteiger partial charge in [0, 0.05) is 18.3 Å². The third-order valence-electron chi connectivity index (χ3n) is 4.19. The highest BCUT2D eigenvalue weighted by Crippen LogP contribution is 2.33. The molecule has 0 radical (unpaired) electrons. The zero-order valence-corrected chi connectivity index (χ0v) is 15.6. The van der Waals surface area contributed by atoms with Crippen LogP contribution in [0.25, 0.3) is 0 Å². The van der Waals surface area contributed by atoms with Crippen LogP contribution in [-0.2, 0) is 0 Å². The van der Waals surface area contributed by atoms with Crippen LogP contribution in [0.4, 0.5) is 13.2 Å². The third-order valence-corrected chi connectivity index (χ3v) is 4.19. The summed E-state index contributed by atoms with van der Waals surface area (Å²) in [6.45, 7) is 5.28. The number of hydrogen-bond donors (Lipinski definition) is 1. The van der Waals surface area contributed by atoms with E-state index in [4.69, 9.17) is 5.26 Å². The molecule has 26 heavy (non-hydrogen) atoms. The first-order valence-electron chi connectivity index (χ1n) is 8.55. The Bertz CT molecular complexity index is 704. The number of rotatable bonds is 6. The molecule has 0 aromatic rings. The molecule has 0 aliphatic heterocycles. The van der Waals surface area contributed by atoms with Crippen molar-refractivity contribution in [1.29, 1.82) is 5.26 Å². The molecular formula is C20H25F3N2O. The standard InChI is InChI=1S/C20H25F3N2O/c1-5-7-8-16(20(21,22)23)12-18(19(26)6-2)25(4)17-11-15(13-24)10-9-14(17)3/h6,8,10-12,14,26H,5,7,9H2,1-4H3/b16-8+,18-12-,19-6?. The van der Waals surface area contributed by atoms with Crippen molar-refractivity contribution in [3.05, 3.63) is 58.7 Å². The molecule has 1 unspecified atom stereocenters. The number of nitrogens with zero attached hydrogens (tertiary/aromatic N) is 2. The first-order valence-corrected chi connectivity index (χ1v) is 8.55. The third kappa shape index (κ3) is 5.55. The van der Waals surface area contributed by atoms with Gasteiger partial charge in [-0.1, -0.05) is 32.4 Å². The first-order chi connectivity index (χ1) is 12.1. The van der Waals surface area contributed by atoms with Crippen molar-refractivity contribution in [2.45, 2.75) is 46.2 Å². The van der Waals surface area contributed by atoms with Crippen molar-refractivity contribution < 1.29 is 18.3 Å². The van der Waals surface area contributed by atoms with Crippen LogP contribution in [0.1, 0.15) is 40.0 Å². The molecule has 1 aliphatic rings. The summed E-state index contributed by atoms with van der Waals surface area (Å²) in [7, 11) is 1.60. The minimum absolute atomic E-state index is 0.0131. The smallest absolute Gasteiger partial charge is 0.416 e. The lowest BCUT2D eigenvalue weighted by atomic mass is 9.93. The van der Waals surface area contributed by atoms with Gasteiger partial charge in [0.2, 0.25) is 0 Å². The second kappa shape index (κ2) is 9.33. The second-order valence-electron chi connectivity index (χ2n) is 6.19. The van der Waals surface area contributed by atoms with Crippen LogP contribution in [0.5, 0.6) is 0 Å². The minimum Gasteiger partial charge on any atom is -0.506 e. The lowest BCUT2D eigenvalue weighted by Gasteiger charge is -2.31. The topological polar surface area (TPSA) is 47.3 Å². The summed E-state index contributed by atoms with van der Waals surface area (Å²) in [6.07, 6.45) is 3.87. The van der Waals surface area contributed by atoms with Crippen LogP contribution in [0.2, 0.25) is 0 Å².